The Morgan fingerprint density at radius 3 is 2.74 bits per heavy atom. The number of aromatic amines is 1. The molecule has 35 heavy (non-hydrogen) atoms. The monoisotopic (exact) mass is 599 g/mol. The lowest BCUT2D eigenvalue weighted by atomic mass is 10.00. The average molecular weight is 599 g/mol. The molecular weight excluding hydrogens is 573 g/mol. The molecule has 1 amide bonds. The third-order valence-electron chi connectivity index (χ3n) is 6.17. The SMILES string of the molecule is CC(=O)Nc1cc(-c2cc(C(OCC3CCCC3)c3ccc(I)cc3)c(-c3nnc[nH]3)s2)ccn1. The summed E-state index contributed by atoms with van der Waals surface area (Å²) in [5.41, 5.74) is 3.14. The maximum Gasteiger partial charge on any atom is 0.222 e. The number of benzene rings is 1. The quantitative estimate of drug-likeness (QED) is 0.227. The number of carbonyl (C=O) groups excluding carboxylic acids is 1. The number of hydrogen-bond donors (Lipinski definition) is 2. The average Bonchev–Trinajstić information content (AvgIpc) is 3.62. The summed E-state index contributed by atoms with van der Waals surface area (Å²) in [6.45, 7) is 2.21. The Balaban J connectivity index is 1.57. The molecule has 3 heterocycles. The number of anilines is 1. The summed E-state index contributed by atoms with van der Waals surface area (Å²) in [5, 5.41) is 11.1. The highest BCUT2D eigenvalue weighted by Gasteiger charge is 2.26. The van der Waals surface area contributed by atoms with Crippen LogP contribution < -0.4 is 5.32 Å². The van der Waals surface area contributed by atoms with Crippen LogP contribution in [0, 0.1) is 9.49 Å². The molecule has 1 atom stereocenters. The molecule has 0 saturated heterocycles. The maximum atomic E-state index is 11.5. The van der Waals surface area contributed by atoms with E-state index in [1.807, 2.05) is 12.1 Å². The van der Waals surface area contributed by atoms with Gasteiger partial charge in [-0.25, -0.2) is 4.98 Å². The van der Waals surface area contributed by atoms with Gasteiger partial charge in [0.05, 0.1) is 11.5 Å². The van der Waals surface area contributed by atoms with Gasteiger partial charge < -0.3 is 15.0 Å². The van der Waals surface area contributed by atoms with Crippen molar-refractivity contribution in [1.82, 2.24) is 20.2 Å². The van der Waals surface area contributed by atoms with E-state index in [9.17, 15) is 4.79 Å². The highest BCUT2D eigenvalue weighted by atomic mass is 127. The largest absolute Gasteiger partial charge is 0.368 e. The lowest BCUT2D eigenvalue weighted by Crippen LogP contribution is -2.12. The van der Waals surface area contributed by atoms with Crippen molar-refractivity contribution in [3.8, 4) is 21.1 Å². The number of nitrogens with zero attached hydrogens (tertiary/aromatic N) is 3. The van der Waals surface area contributed by atoms with Gasteiger partial charge in [-0.15, -0.1) is 21.5 Å². The smallest absolute Gasteiger partial charge is 0.222 e. The van der Waals surface area contributed by atoms with Gasteiger partial charge in [0.2, 0.25) is 5.91 Å². The number of rotatable bonds is 8. The van der Waals surface area contributed by atoms with Crippen LogP contribution in [-0.2, 0) is 9.53 Å². The number of nitrogens with one attached hydrogen (secondary N) is 2. The molecule has 4 aromatic rings. The predicted octanol–water partition coefficient (Wildman–Crippen LogP) is 6.45. The number of halogens is 1. The van der Waals surface area contributed by atoms with E-state index < -0.39 is 0 Å². The van der Waals surface area contributed by atoms with Gasteiger partial charge in [-0.2, -0.15) is 0 Å². The number of aromatic nitrogens is 4. The standard InChI is InChI=1S/C26H26IN5O2S/c1-16(33)31-23-12-19(10-11-28-23)22-13-21(25(35-22)26-29-15-30-32-26)24(18-6-8-20(27)9-7-18)34-14-17-4-2-3-5-17/h6-13,15,17,24H,2-5,14H2,1H3,(H,28,31,33)(H,29,30,32). The van der Waals surface area contributed by atoms with Crippen molar-refractivity contribution in [2.45, 2.75) is 38.7 Å². The van der Waals surface area contributed by atoms with Crippen LogP contribution in [-0.4, -0.2) is 32.7 Å². The maximum absolute atomic E-state index is 11.5. The summed E-state index contributed by atoms with van der Waals surface area (Å²) in [6.07, 6.45) is 8.10. The van der Waals surface area contributed by atoms with E-state index in [1.54, 1.807) is 23.9 Å². The molecule has 1 fully saturated rings. The molecule has 0 spiro atoms. The van der Waals surface area contributed by atoms with E-state index in [-0.39, 0.29) is 12.0 Å². The fraction of sp³-hybridized carbons (Fsp3) is 0.308. The Labute approximate surface area is 221 Å². The summed E-state index contributed by atoms with van der Waals surface area (Å²) in [6, 6.07) is 14.5. The van der Waals surface area contributed by atoms with Gasteiger partial charge >= 0.3 is 0 Å². The van der Waals surface area contributed by atoms with Crippen LogP contribution in [0.5, 0.6) is 0 Å². The first kappa shape index (κ1) is 24.1. The molecule has 0 radical (unpaired) electrons. The van der Waals surface area contributed by atoms with Gasteiger partial charge in [0.25, 0.3) is 0 Å². The van der Waals surface area contributed by atoms with Gasteiger partial charge in [0, 0.05) is 27.1 Å². The van der Waals surface area contributed by atoms with Gasteiger partial charge in [-0.3, -0.25) is 4.79 Å². The van der Waals surface area contributed by atoms with Crippen molar-refractivity contribution < 1.29 is 9.53 Å². The van der Waals surface area contributed by atoms with Crippen LogP contribution in [0.1, 0.15) is 49.8 Å². The van der Waals surface area contributed by atoms with Crippen LogP contribution in [0.25, 0.3) is 21.1 Å². The topological polar surface area (TPSA) is 92.8 Å². The minimum atomic E-state index is -0.227. The molecule has 3 aromatic heterocycles. The Morgan fingerprint density at radius 2 is 2.03 bits per heavy atom. The Kier molecular flexibility index (Phi) is 7.54. The second-order valence-electron chi connectivity index (χ2n) is 8.76. The Morgan fingerprint density at radius 1 is 1.23 bits per heavy atom. The lowest BCUT2D eigenvalue weighted by molar-refractivity contribution is -0.114. The molecule has 0 bridgehead atoms. The third kappa shape index (κ3) is 5.79. The van der Waals surface area contributed by atoms with Crippen molar-refractivity contribution in [2.24, 2.45) is 5.92 Å². The molecule has 1 saturated carbocycles. The van der Waals surface area contributed by atoms with Gasteiger partial charge in [-0.1, -0.05) is 25.0 Å². The zero-order chi connectivity index (χ0) is 24.2. The molecule has 1 aliphatic rings. The Bertz CT molecular complexity index is 1280. The molecule has 1 aliphatic carbocycles. The molecule has 1 unspecified atom stereocenters. The van der Waals surface area contributed by atoms with Crippen LogP contribution in [0.15, 0.2) is 55.0 Å². The second kappa shape index (κ2) is 11.0. The van der Waals surface area contributed by atoms with E-state index in [1.165, 1.54) is 36.2 Å². The molecule has 2 N–H and O–H groups in total. The molecule has 9 heteroatoms. The lowest BCUT2D eigenvalue weighted by Gasteiger charge is -2.21. The minimum absolute atomic E-state index is 0.150. The van der Waals surface area contributed by atoms with E-state index in [0.717, 1.165) is 33.1 Å². The molecule has 1 aromatic carbocycles. The van der Waals surface area contributed by atoms with Crippen molar-refractivity contribution >= 4 is 45.7 Å². The summed E-state index contributed by atoms with van der Waals surface area (Å²) >= 11 is 3.95. The zero-order valence-corrected chi connectivity index (χ0v) is 22.3. The van der Waals surface area contributed by atoms with Crippen LogP contribution in [0.3, 0.4) is 0 Å². The number of pyridine rings is 1. The number of ether oxygens (including phenoxy) is 1. The van der Waals surface area contributed by atoms with E-state index in [4.69, 9.17) is 4.74 Å². The zero-order valence-electron chi connectivity index (χ0n) is 19.3. The predicted molar refractivity (Wildman–Crippen MR) is 146 cm³/mol. The van der Waals surface area contributed by atoms with Crippen LogP contribution in [0.2, 0.25) is 0 Å². The molecule has 5 rings (SSSR count). The van der Waals surface area contributed by atoms with E-state index in [0.29, 0.717) is 17.6 Å². The fourth-order valence-electron chi connectivity index (χ4n) is 4.49. The minimum Gasteiger partial charge on any atom is -0.368 e. The first-order valence-electron chi connectivity index (χ1n) is 11.7. The molecule has 7 nitrogen and oxygen atoms in total. The number of amides is 1. The Hall–Kier alpha value is -2.63. The van der Waals surface area contributed by atoms with Gasteiger partial charge in [0.1, 0.15) is 18.2 Å². The first-order chi connectivity index (χ1) is 17.1. The van der Waals surface area contributed by atoms with E-state index in [2.05, 4.69) is 78.4 Å². The summed E-state index contributed by atoms with van der Waals surface area (Å²) < 4.78 is 7.86. The number of carbonyl (C=O) groups is 1. The number of hydrogen-bond acceptors (Lipinski definition) is 6. The fourth-order valence-corrected chi connectivity index (χ4v) is 5.98. The number of thiophene rings is 1. The van der Waals surface area contributed by atoms with Crippen LogP contribution >= 0.6 is 33.9 Å². The van der Waals surface area contributed by atoms with Gasteiger partial charge in [-0.05, 0) is 82.8 Å². The number of H-pyrrole nitrogens is 1. The molecular formula is C26H26IN5O2S. The summed E-state index contributed by atoms with van der Waals surface area (Å²) in [7, 11) is 0. The van der Waals surface area contributed by atoms with Crippen molar-refractivity contribution in [3.05, 3.63) is 69.7 Å². The third-order valence-corrected chi connectivity index (χ3v) is 8.10. The second-order valence-corrected chi connectivity index (χ2v) is 11.1. The molecule has 180 valence electrons. The normalized spacial score (nSPS) is 14.8. The van der Waals surface area contributed by atoms with Gasteiger partial charge in [0.15, 0.2) is 5.82 Å². The summed E-state index contributed by atoms with van der Waals surface area (Å²) in [4.78, 5) is 21.0. The first-order valence-corrected chi connectivity index (χ1v) is 13.6. The van der Waals surface area contributed by atoms with Crippen molar-refractivity contribution in [1.29, 1.82) is 0 Å². The molecule has 0 aliphatic heterocycles. The van der Waals surface area contributed by atoms with Crippen molar-refractivity contribution in [3.63, 3.8) is 0 Å². The highest BCUT2D eigenvalue weighted by molar-refractivity contribution is 14.1. The van der Waals surface area contributed by atoms with Crippen LogP contribution in [0.4, 0.5) is 5.82 Å². The van der Waals surface area contributed by atoms with Crippen molar-refractivity contribution in [2.75, 3.05) is 11.9 Å². The van der Waals surface area contributed by atoms with E-state index >= 15 is 0 Å². The highest BCUT2D eigenvalue weighted by Crippen LogP contribution is 2.43. The summed E-state index contributed by atoms with van der Waals surface area (Å²) in [5.74, 6) is 1.70.